The van der Waals surface area contributed by atoms with Crippen molar-refractivity contribution in [3.05, 3.63) is 40.4 Å². The molecule has 0 bridgehead atoms. The third-order valence-corrected chi connectivity index (χ3v) is 3.40. The minimum Gasteiger partial charge on any atom is -0.480 e. The van der Waals surface area contributed by atoms with Crippen LogP contribution in [-0.4, -0.2) is 22.5 Å². The maximum atomic E-state index is 11.7. The molecule has 1 amide bonds. The number of amides is 1. The third-order valence-electron chi connectivity index (χ3n) is 2.88. The van der Waals surface area contributed by atoms with E-state index in [2.05, 4.69) is 21.2 Å². The highest BCUT2D eigenvalue weighted by atomic mass is 79.9. The van der Waals surface area contributed by atoms with Gasteiger partial charge >= 0.3 is 5.97 Å². The summed E-state index contributed by atoms with van der Waals surface area (Å²) in [5.41, 5.74) is -0.368. The van der Waals surface area contributed by atoms with E-state index in [0.717, 1.165) is 10.0 Å². The first-order chi connectivity index (χ1) is 8.87. The number of rotatable bonds is 5. The molecule has 0 spiro atoms. The number of benzene rings is 1. The van der Waals surface area contributed by atoms with Gasteiger partial charge in [0, 0.05) is 10.5 Å². The highest BCUT2D eigenvalue weighted by Gasteiger charge is 2.31. The highest BCUT2D eigenvalue weighted by Crippen LogP contribution is 2.12. The first kappa shape index (κ1) is 15.4. The molecule has 19 heavy (non-hydrogen) atoms. The molecular weight excluding hydrogens is 310 g/mol. The average molecular weight is 326 g/mol. The molecule has 1 unspecified atom stereocenters. The average Bonchev–Trinajstić information content (AvgIpc) is 2.37. The summed E-state index contributed by atoms with van der Waals surface area (Å²) in [6.45, 7) is 3.20. The Bertz CT molecular complexity index is 496. The minimum absolute atomic E-state index is 0.320. The lowest BCUT2D eigenvalue weighted by atomic mass is 9.99. The van der Waals surface area contributed by atoms with E-state index in [1.54, 1.807) is 13.0 Å². The van der Waals surface area contributed by atoms with Crippen molar-refractivity contribution in [3.63, 3.8) is 0 Å². The maximum absolute atomic E-state index is 11.7. The van der Waals surface area contributed by atoms with Gasteiger partial charge in [0.05, 0.1) is 0 Å². The van der Waals surface area contributed by atoms with Crippen LogP contribution in [0.5, 0.6) is 0 Å². The number of carbonyl (C=O) groups excluding carboxylic acids is 1. The zero-order chi connectivity index (χ0) is 14.5. The molecule has 2 N–H and O–H groups in total. The number of aliphatic carboxylic acids is 1. The normalized spacial score (nSPS) is 14.1. The van der Waals surface area contributed by atoms with Crippen molar-refractivity contribution >= 4 is 33.9 Å². The highest BCUT2D eigenvalue weighted by molar-refractivity contribution is 9.10. The first-order valence-electron chi connectivity index (χ1n) is 5.86. The van der Waals surface area contributed by atoms with Crippen molar-refractivity contribution in [1.29, 1.82) is 0 Å². The minimum atomic E-state index is -1.23. The van der Waals surface area contributed by atoms with E-state index in [-0.39, 0.29) is 0 Å². The third kappa shape index (κ3) is 4.52. The molecular formula is C14H16BrNO3. The molecule has 5 heteroatoms. The Morgan fingerprint density at radius 1 is 1.37 bits per heavy atom. The summed E-state index contributed by atoms with van der Waals surface area (Å²) in [4.78, 5) is 22.7. The lowest BCUT2D eigenvalue weighted by Crippen LogP contribution is -2.51. The number of carboxylic acids is 1. The van der Waals surface area contributed by atoms with Crippen LogP contribution in [0.1, 0.15) is 25.8 Å². The van der Waals surface area contributed by atoms with Crippen LogP contribution in [-0.2, 0) is 9.59 Å². The topological polar surface area (TPSA) is 66.4 Å². The van der Waals surface area contributed by atoms with Crippen LogP contribution in [0.15, 0.2) is 34.8 Å². The van der Waals surface area contributed by atoms with Crippen LogP contribution in [0.2, 0.25) is 0 Å². The Morgan fingerprint density at radius 3 is 2.42 bits per heavy atom. The molecule has 102 valence electrons. The van der Waals surface area contributed by atoms with Gasteiger partial charge in [0.2, 0.25) is 5.91 Å². The Hall–Kier alpha value is -1.62. The van der Waals surface area contributed by atoms with Gasteiger partial charge < -0.3 is 10.4 Å². The van der Waals surface area contributed by atoms with E-state index in [1.165, 1.54) is 13.0 Å². The molecule has 1 aromatic carbocycles. The van der Waals surface area contributed by atoms with Crippen LogP contribution >= 0.6 is 15.9 Å². The number of carboxylic acid groups (broad SMARTS) is 1. The largest absolute Gasteiger partial charge is 0.480 e. The van der Waals surface area contributed by atoms with E-state index in [4.69, 9.17) is 5.11 Å². The summed E-state index contributed by atoms with van der Waals surface area (Å²) in [6, 6.07) is 7.43. The number of hydrogen-bond acceptors (Lipinski definition) is 2. The summed E-state index contributed by atoms with van der Waals surface area (Å²) in [6.07, 6.45) is 3.29. The standard InChI is InChI=1S/C14H16BrNO3/c1-3-14(2,13(18)19)16-12(17)9-6-10-4-7-11(15)8-5-10/h4-9H,3H2,1-2H3,(H,16,17)(H,18,19). The molecule has 0 aromatic heterocycles. The molecule has 0 saturated carbocycles. The second kappa shape index (κ2) is 6.52. The molecule has 0 aliphatic carbocycles. The summed E-state index contributed by atoms with van der Waals surface area (Å²) in [5, 5.41) is 11.5. The lowest BCUT2D eigenvalue weighted by Gasteiger charge is -2.23. The molecule has 0 fully saturated rings. The molecule has 4 nitrogen and oxygen atoms in total. The van der Waals surface area contributed by atoms with Gasteiger partial charge in [-0.15, -0.1) is 0 Å². The molecule has 0 aliphatic heterocycles. The summed E-state index contributed by atoms with van der Waals surface area (Å²) in [5.74, 6) is -1.46. The van der Waals surface area contributed by atoms with Gasteiger partial charge in [0.1, 0.15) is 5.54 Å². The van der Waals surface area contributed by atoms with E-state index < -0.39 is 17.4 Å². The Labute approximate surface area is 120 Å². The lowest BCUT2D eigenvalue weighted by molar-refractivity contribution is -0.146. The van der Waals surface area contributed by atoms with Gasteiger partial charge in [-0.05, 0) is 37.1 Å². The van der Waals surface area contributed by atoms with Gasteiger partial charge in [-0.1, -0.05) is 35.0 Å². The SMILES string of the molecule is CCC(C)(NC(=O)C=Cc1ccc(Br)cc1)C(=O)O. The van der Waals surface area contributed by atoms with E-state index >= 15 is 0 Å². The summed E-state index contributed by atoms with van der Waals surface area (Å²) in [7, 11) is 0. The zero-order valence-electron chi connectivity index (χ0n) is 10.8. The Kier molecular flexibility index (Phi) is 5.30. The zero-order valence-corrected chi connectivity index (χ0v) is 12.4. The second-order valence-corrected chi connectivity index (χ2v) is 5.28. The number of hydrogen-bond donors (Lipinski definition) is 2. The fourth-order valence-corrected chi connectivity index (χ4v) is 1.62. The maximum Gasteiger partial charge on any atom is 0.329 e. The van der Waals surface area contributed by atoms with Crippen molar-refractivity contribution in [1.82, 2.24) is 5.32 Å². The Balaban J connectivity index is 2.70. The van der Waals surface area contributed by atoms with Crippen molar-refractivity contribution < 1.29 is 14.7 Å². The van der Waals surface area contributed by atoms with Crippen LogP contribution in [0, 0.1) is 0 Å². The molecule has 0 heterocycles. The summed E-state index contributed by atoms with van der Waals surface area (Å²) < 4.78 is 0.957. The first-order valence-corrected chi connectivity index (χ1v) is 6.66. The predicted molar refractivity (Wildman–Crippen MR) is 77.7 cm³/mol. The van der Waals surface area contributed by atoms with Gasteiger partial charge in [0.15, 0.2) is 0 Å². The van der Waals surface area contributed by atoms with Crippen molar-refractivity contribution in [3.8, 4) is 0 Å². The predicted octanol–water partition coefficient (Wildman–Crippen LogP) is 2.83. The van der Waals surface area contributed by atoms with Crippen LogP contribution < -0.4 is 5.32 Å². The molecule has 1 atom stereocenters. The molecule has 0 saturated heterocycles. The van der Waals surface area contributed by atoms with Crippen molar-refractivity contribution in [2.24, 2.45) is 0 Å². The molecule has 0 radical (unpaired) electrons. The van der Waals surface area contributed by atoms with Crippen molar-refractivity contribution in [2.75, 3.05) is 0 Å². The van der Waals surface area contributed by atoms with E-state index in [9.17, 15) is 9.59 Å². The van der Waals surface area contributed by atoms with Gasteiger partial charge in [0.25, 0.3) is 0 Å². The van der Waals surface area contributed by atoms with Crippen LogP contribution in [0.3, 0.4) is 0 Å². The number of nitrogens with one attached hydrogen (secondary N) is 1. The smallest absolute Gasteiger partial charge is 0.329 e. The number of halogens is 1. The molecule has 0 aliphatic rings. The van der Waals surface area contributed by atoms with Gasteiger partial charge in [-0.2, -0.15) is 0 Å². The molecule has 1 aromatic rings. The van der Waals surface area contributed by atoms with Crippen LogP contribution in [0.4, 0.5) is 0 Å². The fourth-order valence-electron chi connectivity index (χ4n) is 1.35. The number of carbonyl (C=O) groups is 2. The monoisotopic (exact) mass is 325 g/mol. The van der Waals surface area contributed by atoms with Gasteiger partial charge in [-0.25, -0.2) is 4.79 Å². The molecule has 1 rings (SSSR count). The van der Waals surface area contributed by atoms with E-state index in [0.29, 0.717) is 6.42 Å². The summed E-state index contributed by atoms with van der Waals surface area (Å²) >= 11 is 3.32. The fraction of sp³-hybridized carbons (Fsp3) is 0.286. The van der Waals surface area contributed by atoms with E-state index in [1.807, 2.05) is 24.3 Å². The van der Waals surface area contributed by atoms with Crippen LogP contribution in [0.25, 0.3) is 6.08 Å². The quantitative estimate of drug-likeness (QED) is 0.818. The van der Waals surface area contributed by atoms with Crippen molar-refractivity contribution in [2.45, 2.75) is 25.8 Å². The van der Waals surface area contributed by atoms with Gasteiger partial charge in [-0.3, -0.25) is 4.79 Å². The second-order valence-electron chi connectivity index (χ2n) is 4.36. The Morgan fingerprint density at radius 2 is 1.95 bits per heavy atom.